The van der Waals surface area contributed by atoms with E-state index in [0.717, 1.165) is 5.39 Å². The van der Waals surface area contributed by atoms with Gasteiger partial charge in [-0.2, -0.15) is 5.10 Å². The predicted octanol–water partition coefficient (Wildman–Crippen LogP) is 2.30. The van der Waals surface area contributed by atoms with E-state index in [1.807, 2.05) is 12.1 Å². The van der Waals surface area contributed by atoms with Gasteiger partial charge in [-0.15, -0.1) is 0 Å². The van der Waals surface area contributed by atoms with Gasteiger partial charge in [0.25, 0.3) is 0 Å². The molecule has 1 amide bonds. The molecule has 0 saturated heterocycles. The average molecular weight is 281 g/mol. The van der Waals surface area contributed by atoms with Crippen LogP contribution in [-0.4, -0.2) is 22.2 Å². The van der Waals surface area contributed by atoms with Crippen LogP contribution in [-0.2, 0) is 0 Å². The Bertz CT molecular complexity index is 810. The smallest absolute Gasteiger partial charge is 0.307 e. The molecule has 2 N–H and O–H groups in total. The van der Waals surface area contributed by atoms with Crippen molar-refractivity contribution in [2.75, 3.05) is 0 Å². The molecule has 21 heavy (non-hydrogen) atoms. The van der Waals surface area contributed by atoms with Gasteiger partial charge in [-0.25, -0.2) is 10.4 Å². The molecule has 0 saturated carbocycles. The molecule has 3 aromatic rings. The number of hydrogen-bond acceptors (Lipinski definition) is 5. The summed E-state index contributed by atoms with van der Waals surface area (Å²) in [5.41, 5.74) is 3.33. The van der Waals surface area contributed by atoms with Crippen LogP contribution in [0.15, 0.2) is 58.2 Å². The monoisotopic (exact) mass is 281 g/mol. The molecule has 0 aliphatic carbocycles. The molecule has 0 aliphatic rings. The molecule has 0 bridgehead atoms. The summed E-state index contributed by atoms with van der Waals surface area (Å²) in [4.78, 5) is 15.8. The minimum Gasteiger partial charge on any atom is -0.506 e. The highest BCUT2D eigenvalue weighted by Crippen LogP contribution is 2.21. The number of carbonyl (C=O) groups excluding carboxylic acids is 1. The maximum Gasteiger partial charge on any atom is 0.307 e. The van der Waals surface area contributed by atoms with E-state index in [1.165, 1.54) is 18.5 Å². The molecule has 0 radical (unpaired) electrons. The van der Waals surface area contributed by atoms with Crippen LogP contribution >= 0.6 is 0 Å². The van der Waals surface area contributed by atoms with Gasteiger partial charge in [-0.05, 0) is 24.3 Å². The number of nitrogens with one attached hydrogen (secondary N) is 1. The molecular weight excluding hydrogens is 270 g/mol. The molecule has 104 valence electrons. The third kappa shape index (κ3) is 2.74. The number of para-hydroxylation sites is 1. The minimum absolute atomic E-state index is 0.0994. The second-order valence-corrected chi connectivity index (χ2v) is 4.26. The van der Waals surface area contributed by atoms with E-state index in [-0.39, 0.29) is 11.5 Å². The highest BCUT2D eigenvalue weighted by atomic mass is 16.3. The number of fused-ring (bicyclic) bond motifs is 1. The lowest BCUT2D eigenvalue weighted by atomic mass is 10.2. The summed E-state index contributed by atoms with van der Waals surface area (Å²) in [6.07, 6.45) is 2.80. The lowest BCUT2D eigenvalue weighted by molar-refractivity contribution is 0.0927. The SMILES string of the molecule is O=C(N/N=C/c1ccc2cccc(O)c2n1)c1ccco1. The molecule has 0 fully saturated rings. The maximum absolute atomic E-state index is 11.6. The van der Waals surface area contributed by atoms with Crippen LogP contribution in [0, 0.1) is 0 Å². The van der Waals surface area contributed by atoms with Crippen LogP contribution in [0.4, 0.5) is 0 Å². The van der Waals surface area contributed by atoms with Crippen molar-refractivity contribution >= 4 is 23.0 Å². The van der Waals surface area contributed by atoms with Gasteiger partial charge in [0.1, 0.15) is 11.3 Å². The maximum atomic E-state index is 11.6. The molecule has 0 atom stereocenters. The number of hydrazone groups is 1. The Labute approximate surface area is 119 Å². The normalized spacial score (nSPS) is 11.0. The first-order valence-corrected chi connectivity index (χ1v) is 6.20. The molecule has 6 nitrogen and oxygen atoms in total. The second-order valence-electron chi connectivity index (χ2n) is 4.26. The Morgan fingerprint density at radius 2 is 2.14 bits per heavy atom. The van der Waals surface area contributed by atoms with Crippen LogP contribution in [0.3, 0.4) is 0 Å². The van der Waals surface area contributed by atoms with Crippen molar-refractivity contribution in [1.82, 2.24) is 10.4 Å². The molecule has 2 heterocycles. The van der Waals surface area contributed by atoms with Gasteiger partial charge in [0.2, 0.25) is 0 Å². The van der Waals surface area contributed by atoms with Crippen LogP contribution in [0.25, 0.3) is 10.9 Å². The summed E-state index contributed by atoms with van der Waals surface area (Å²) < 4.78 is 4.94. The quantitative estimate of drug-likeness (QED) is 0.569. The topological polar surface area (TPSA) is 87.7 Å². The van der Waals surface area contributed by atoms with E-state index in [2.05, 4.69) is 15.5 Å². The number of furan rings is 1. The number of rotatable bonds is 3. The van der Waals surface area contributed by atoms with Crippen LogP contribution in [0.5, 0.6) is 5.75 Å². The lowest BCUT2D eigenvalue weighted by Crippen LogP contribution is -2.16. The van der Waals surface area contributed by atoms with E-state index < -0.39 is 5.91 Å². The van der Waals surface area contributed by atoms with E-state index in [1.54, 1.807) is 24.3 Å². The number of phenolic OH excluding ortho intramolecular Hbond substituents is 1. The van der Waals surface area contributed by atoms with Crippen molar-refractivity contribution in [2.45, 2.75) is 0 Å². The number of aromatic nitrogens is 1. The number of pyridine rings is 1. The Balaban J connectivity index is 1.77. The van der Waals surface area contributed by atoms with Gasteiger partial charge in [0.15, 0.2) is 5.76 Å². The third-order valence-electron chi connectivity index (χ3n) is 2.83. The summed E-state index contributed by atoms with van der Waals surface area (Å²) in [6, 6.07) is 11.9. The first-order valence-electron chi connectivity index (χ1n) is 6.20. The number of hydrogen-bond donors (Lipinski definition) is 2. The minimum atomic E-state index is -0.445. The van der Waals surface area contributed by atoms with E-state index in [4.69, 9.17) is 4.42 Å². The Morgan fingerprint density at radius 1 is 1.24 bits per heavy atom. The molecule has 0 spiro atoms. The zero-order valence-corrected chi connectivity index (χ0v) is 10.9. The molecular formula is C15H11N3O3. The molecule has 6 heteroatoms. The van der Waals surface area contributed by atoms with Gasteiger partial charge in [-0.1, -0.05) is 18.2 Å². The Hall–Kier alpha value is -3.15. The van der Waals surface area contributed by atoms with E-state index in [9.17, 15) is 9.90 Å². The second kappa shape index (κ2) is 5.46. The van der Waals surface area contributed by atoms with E-state index >= 15 is 0 Å². The van der Waals surface area contributed by atoms with Crippen molar-refractivity contribution in [3.05, 3.63) is 60.2 Å². The number of aromatic hydroxyl groups is 1. The highest BCUT2D eigenvalue weighted by Gasteiger charge is 2.06. The van der Waals surface area contributed by atoms with Crippen molar-refractivity contribution in [3.8, 4) is 5.75 Å². The lowest BCUT2D eigenvalue weighted by Gasteiger charge is -2.01. The molecule has 3 rings (SSSR count). The zero-order valence-electron chi connectivity index (χ0n) is 10.9. The van der Waals surface area contributed by atoms with Crippen molar-refractivity contribution in [2.24, 2.45) is 5.10 Å². The highest BCUT2D eigenvalue weighted by molar-refractivity contribution is 5.92. The number of nitrogens with zero attached hydrogens (tertiary/aromatic N) is 2. The molecule has 2 aromatic heterocycles. The van der Waals surface area contributed by atoms with Gasteiger partial charge >= 0.3 is 5.91 Å². The van der Waals surface area contributed by atoms with Gasteiger partial charge in [0.05, 0.1) is 18.2 Å². The summed E-state index contributed by atoms with van der Waals surface area (Å²) in [5, 5.41) is 14.4. The Kier molecular flexibility index (Phi) is 3.34. The fourth-order valence-corrected chi connectivity index (χ4v) is 1.84. The van der Waals surface area contributed by atoms with Gasteiger partial charge in [0, 0.05) is 5.39 Å². The summed E-state index contributed by atoms with van der Waals surface area (Å²) >= 11 is 0. The van der Waals surface area contributed by atoms with Crippen LogP contribution in [0.2, 0.25) is 0 Å². The number of phenols is 1. The summed E-state index contributed by atoms with van der Waals surface area (Å²) in [6.45, 7) is 0. The fraction of sp³-hybridized carbons (Fsp3) is 0. The van der Waals surface area contributed by atoms with Crippen molar-refractivity contribution in [1.29, 1.82) is 0 Å². The first-order chi connectivity index (χ1) is 10.2. The van der Waals surface area contributed by atoms with Crippen molar-refractivity contribution < 1.29 is 14.3 Å². The zero-order chi connectivity index (χ0) is 14.7. The van der Waals surface area contributed by atoms with Crippen LogP contribution in [0.1, 0.15) is 16.2 Å². The fourth-order valence-electron chi connectivity index (χ4n) is 1.84. The largest absolute Gasteiger partial charge is 0.506 e. The predicted molar refractivity (Wildman–Crippen MR) is 77.2 cm³/mol. The number of benzene rings is 1. The number of amides is 1. The number of carbonyl (C=O) groups is 1. The first kappa shape index (κ1) is 12.9. The van der Waals surface area contributed by atoms with E-state index in [0.29, 0.717) is 11.2 Å². The summed E-state index contributed by atoms with van der Waals surface area (Å²) in [5.74, 6) is -0.168. The van der Waals surface area contributed by atoms with Gasteiger partial charge < -0.3 is 9.52 Å². The third-order valence-corrected chi connectivity index (χ3v) is 2.83. The molecule has 1 aromatic carbocycles. The standard InChI is InChI=1S/C15H11N3O3/c19-12-4-1-3-10-6-7-11(17-14(10)12)9-16-18-15(20)13-5-2-8-21-13/h1-9,19H,(H,18,20)/b16-9+. The molecule has 0 aliphatic heterocycles. The summed E-state index contributed by atoms with van der Waals surface area (Å²) in [7, 11) is 0. The average Bonchev–Trinajstić information content (AvgIpc) is 3.02. The van der Waals surface area contributed by atoms with Crippen molar-refractivity contribution in [3.63, 3.8) is 0 Å². The van der Waals surface area contributed by atoms with Gasteiger partial charge in [-0.3, -0.25) is 4.79 Å². The Morgan fingerprint density at radius 3 is 2.95 bits per heavy atom. The molecule has 0 unspecified atom stereocenters. The van der Waals surface area contributed by atoms with Crippen LogP contribution < -0.4 is 5.43 Å².